The van der Waals surface area contributed by atoms with Crippen molar-refractivity contribution in [3.05, 3.63) is 5.01 Å². The van der Waals surface area contributed by atoms with Crippen molar-refractivity contribution in [3.63, 3.8) is 0 Å². The standard InChI is InChI=1S/C9H12N4O4S/c1-4-11-12-8(18-4)10-9(17)13-3-5(14)2-6(13)7(15)16/h5-6,14H,2-3H2,1H3,(H,15,16)(H,10,12,17). The maximum atomic E-state index is 11.9. The Morgan fingerprint density at radius 3 is 2.78 bits per heavy atom. The summed E-state index contributed by atoms with van der Waals surface area (Å²) in [6, 6.07) is -1.59. The molecule has 0 aliphatic carbocycles. The van der Waals surface area contributed by atoms with E-state index >= 15 is 0 Å². The number of hydrogen-bond donors (Lipinski definition) is 3. The fourth-order valence-corrected chi connectivity index (χ4v) is 2.36. The van der Waals surface area contributed by atoms with Gasteiger partial charge in [0.2, 0.25) is 5.13 Å². The van der Waals surface area contributed by atoms with Crippen molar-refractivity contribution in [2.24, 2.45) is 0 Å². The van der Waals surface area contributed by atoms with Gasteiger partial charge in [-0.2, -0.15) is 0 Å². The molecule has 0 spiro atoms. The van der Waals surface area contributed by atoms with E-state index in [1.54, 1.807) is 6.92 Å². The van der Waals surface area contributed by atoms with Gasteiger partial charge in [-0.15, -0.1) is 10.2 Å². The number of amides is 2. The number of likely N-dealkylation sites (tertiary alicyclic amines) is 1. The minimum absolute atomic E-state index is 0.000581. The van der Waals surface area contributed by atoms with Crippen LogP contribution < -0.4 is 5.32 Å². The molecular weight excluding hydrogens is 260 g/mol. The number of urea groups is 1. The molecule has 1 aliphatic heterocycles. The van der Waals surface area contributed by atoms with Gasteiger partial charge in [-0.1, -0.05) is 11.3 Å². The molecule has 2 atom stereocenters. The first-order chi connectivity index (χ1) is 8.47. The molecule has 1 aromatic rings. The van der Waals surface area contributed by atoms with Gasteiger partial charge in [0.15, 0.2) is 0 Å². The number of nitrogens with zero attached hydrogens (tertiary/aromatic N) is 3. The first-order valence-electron chi connectivity index (χ1n) is 5.26. The summed E-state index contributed by atoms with van der Waals surface area (Å²) in [5.74, 6) is -1.13. The fourth-order valence-electron chi connectivity index (χ4n) is 1.78. The van der Waals surface area contributed by atoms with Crippen LogP contribution in [0.2, 0.25) is 0 Å². The van der Waals surface area contributed by atoms with Crippen molar-refractivity contribution in [1.82, 2.24) is 15.1 Å². The van der Waals surface area contributed by atoms with Crippen LogP contribution in [0.5, 0.6) is 0 Å². The highest BCUT2D eigenvalue weighted by Gasteiger charge is 2.39. The number of β-amino-alcohol motifs (C(OH)–C–C–N with tert-alkyl or cyclic N) is 1. The van der Waals surface area contributed by atoms with Crippen molar-refractivity contribution in [2.45, 2.75) is 25.5 Å². The summed E-state index contributed by atoms with van der Waals surface area (Å²) in [5, 5.41) is 29.3. The number of anilines is 1. The van der Waals surface area contributed by atoms with Crippen LogP contribution in [0.15, 0.2) is 0 Å². The summed E-state index contributed by atoms with van der Waals surface area (Å²) in [6.07, 6.45) is -0.772. The second kappa shape index (κ2) is 4.86. The van der Waals surface area contributed by atoms with Crippen LogP contribution in [-0.4, -0.2) is 56.0 Å². The van der Waals surface area contributed by atoms with Crippen LogP contribution in [0.25, 0.3) is 0 Å². The Morgan fingerprint density at radius 2 is 2.22 bits per heavy atom. The highest BCUT2D eigenvalue weighted by Crippen LogP contribution is 2.20. The van der Waals surface area contributed by atoms with Crippen molar-refractivity contribution < 1.29 is 19.8 Å². The molecule has 2 amide bonds. The molecule has 2 heterocycles. The Morgan fingerprint density at radius 1 is 1.50 bits per heavy atom. The lowest BCUT2D eigenvalue weighted by atomic mass is 10.2. The minimum atomic E-state index is -1.13. The summed E-state index contributed by atoms with van der Waals surface area (Å²) in [5.41, 5.74) is 0. The van der Waals surface area contributed by atoms with Crippen LogP contribution in [-0.2, 0) is 4.79 Å². The molecule has 1 saturated heterocycles. The SMILES string of the molecule is Cc1nnc(NC(=O)N2CC(O)CC2C(=O)O)s1. The molecule has 1 aliphatic rings. The second-order valence-corrected chi connectivity index (χ2v) is 5.13. The Hall–Kier alpha value is -1.74. The first-order valence-corrected chi connectivity index (χ1v) is 6.07. The third kappa shape index (κ3) is 2.57. The van der Waals surface area contributed by atoms with E-state index in [0.717, 1.165) is 4.90 Å². The largest absolute Gasteiger partial charge is 0.480 e. The Kier molecular flexibility index (Phi) is 3.43. The Balaban J connectivity index is 2.06. The van der Waals surface area contributed by atoms with E-state index in [9.17, 15) is 14.7 Å². The topological polar surface area (TPSA) is 116 Å². The lowest BCUT2D eigenvalue weighted by Crippen LogP contribution is -2.43. The Labute approximate surface area is 106 Å². The first kappa shape index (κ1) is 12.7. The number of nitrogens with one attached hydrogen (secondary N) is 1. The van der Waals surface area contributed by atoms with Crippen molar-refractivity contribution >= 4 is 28.5 Å². The van der Waals surface area contributed by atoms with Crippen LogP contribution in [0, 0.1) is 6.92 Å². The monoisotopic (exact) mass is 272 g/mol. The van der Waals surface area contributed by atoms with Crippen LogP contribution in [0.4, 0.5) is 9.93 Å². The highest BCUT2D eigenvalue weighted by atomic mass is 32.1. The average molecular weight is 272 g/mol. The molecule has 0 aromatic carbocycles. The number of carboxylic acid groups (broad SMARTS) is 1. The number of hydrogen-bond acceptors (Lipinski definition) is 6. The van der Waals surface area contributed by atoms with Crippen LogP contribution in [0.1, 0.15) is 11.4 Å². The van der Waals surface area contributed by atoms with Gasteiger partial charge in [0.25, 0.3) is 0 Å². The van der Waals surface area contributed by atoms with E-state index in [0.29, 0.717) is 10.1 Å². The molecule has 8 nitrogen and oxygen atoms in total. The van der Waals surface area contributed by atoms with E-state index < -0.39 is 24.1 Å². The second-order valence-electron chi connectivity index (χ2n) is 3.95. The molecule has 9 heteroatoms. The number of carbonyl (C=O) groups is 2. The number of aliphatic carboxylic acids is 1. The van der Waals surface area contributed by atoms with E-state index in [-0.39, 0.29) is 13.0 Å². The lowest BCUT2D eigenvalue weighted by molar-refractivity contribution is -0.141. The molecule has 2 unspecified atom stereocenters. The van der Waals surface area contributed by atoms with Crippen molar-refractivity contribution in [2.75, 3.05) is 11.9 Å². The number of aliphatic hydroxyl groups excluding tert-OH is 1. The number of aromatic nitrogens is 2. The predicted molar refractivity (Wildman–Crippen MR) is 62.4 cm³/mol. The smallest absolute Gasteiger partial charge is 0.326 e. The summed E-state index contributed by atoms with van der Waals surface area (Å²) in [4.78, 5) is 23.9. The maximum Gasteiger partial charge on any atom is 0.326 e. The number of aliphatic hydroxyl groups is 1. The van der Waals surface area contributed by atoms with Crippen LogP contribution in [0.3, 0.4) is 0 Å². The fraction of sp³-hybridized carbons (Fsp3) is 0.556. The van der Waals surface area contributed by atoms with Gasteiger partial charge in [-0.3, -0.25) is 5.32 Å². The van der Waals surface area contributed by atoms with Gasteiger partial charge in [-0.05, 0) is 6.92 Å². The average Bonchev–Trinajstić information content (AvgIpc) is 2.85. The van der Waals surface area contributed by atoms with Gasteiger partial charge in [-0.25, -0.2) is 9.59 Å². The Bertz CT molecular complexity index is 477. The number of rotatable bonds is 2. The third-order valence-electron chi connectivity index (χ3n) is 2.56. The van der Waals surface area contributed by atoms with Gasteiger partial charge in [0.1, 0.15) is 11.0 Å². The van der Waals surface area contributed by atoms with Gasteiger partial charge in [0, 0.05) is 13.0 Å². The highest BCUT2D eigenvalue weighted by molar-refractivity contribution is 7.15. The lowest BCUT2D eigenvalue weighted by Gasteiger charge is -2.20. The molecule has 3 N–H and O–H groups in total. The summed E-state index contributed by atoms with van der Waals surface area (Å²) in [7, 11) is 0. The summed E-state index contributed by atoms with van der Waals surface area (Å²) >= 11 is 1.19. The molecule has 0 radical (unpaired) electrons. The molecule has 1 fully saturated rings. The van der Waals surface area contributed by atoms with Crippen molar-refractivity contribution in [3.8, 4) is 0 Å². The zero-order valence-corrected chi connectivity index (χ0v) is 10.3. The zero-order valence-electron chi connectivity index (χ0n) is 9.53. The molecule has 98 valence electrons. The molecule has 0 saturated carbocycles. The van der Waals surface area contributed by atoms with Crippen molar-refractivity contribution in [1.29, 1.82) is 0 Å². The van der Waals surface area contributed by atoms with E-state index in [2.05, 4.69) is 15.5 Å². The quantitative estimate of drug-likeness (QED) is 0.692. The zero-order chi connectivity index (χ0) is 13.3. The van der Waals surface area contributed by atoms with Gasteiger partial charge < -0.3 is 15.1 Å². The summed E-state index contributed by atoms with van der Waals surface area (Å²) < 4.78 is 0. The number of carbonyl (C=O) groups excluding carboxylic acids is 1. The van der Waals surface area contributed by atoms with Gasteiger partial charge >= 0.3 is 12.0 Å². The van der Waals surface area contributed by atoms with E-state index in [4.69, 9.17) is 5.11 Å². The maximum absolute atomic E-state index is 11.9. The minimum Gasteiger partial charge on any atom is -0.480 e. The molecule has 2 rings (SSSR count). The predicted octanol–water partition coefficient (Wildman–Crippen LogP) is -0.102. The van der Waals surface area contributed by atoms with Crippen LogP contribution >= 0.6 is 11.3 Å². The van der Waals surface area contributed by atoms with E-state index in [1.165, 1.54) is 11.3 Å². The van der Waals surface area contributed by atoms with Gasteiger partial charge in [0.05, 0.1) is 6.10 Å². The molecule has 1 aromatic heterocycles. The third-order valence-corrected chi connectivity index (χ3v) is 3.32. The molecule has 18 heavy (non-hydrogen) atoms. The van der Waals surface area contributed by atoms with E-state index in [1.807, 2.05) is 0 Å². The molecular formula is C9H12N4O4S. The normalized spacial score (nSPS) is 23.1. The number of carboxylic acids is 1. The molecule has 0 bridgehead atoms. The summed E-state index contributed by atoms with van der Waals surface area (Å²) in [6.45, 7) is 1.74. The number of aryl methyl sites for hydroxylation is 1.